The first-order valence-corrected chi connectivity index (χ1v) is 12.1. The molecule has 1 atom stereocenters. The highest BCUT2D eigenvalue weighted by Gasteiger charge is 2.50. The van der Waals surface area contributed by atoms with E-state index in [-0.39, 0.29) is 12.0 Å². The number of amides is 2. The highest BCUT2D eigenvalue weighted by atomic mass is 16.6. The van der Waals surface area contributed by atoms with E-state index < -0.39 is 5.60 Å². The van der Waals surface area contributed by atoms with E-state index in [2.05, 4.69) is 22.4 Å². The van der Waals surface area contributed by atoms with Crippen LogP contribution in [0.25, 0.3) is 0 Å². The minimum atomic E-state index is -0.617. The smallest absolute Gasteiger partial charge is 0.410 e. The molecule has 2 aliphatic heterocycles. The van der Waals surface area contributed by atoms with E-state index in [9.17, 15) is 9.59 Å². The zero-order valence-corrected chi connectivity index (χ0v) is 19.9. The summed E-state index contributed by atoms with van der Waals surface area (Å²) in [5.41, 5.74) is 4.11. The number of likely N-dealkylation sites (tertiary alicyclic amines) is 1. The molecule has 3 aromatic rings. The number of aromatic nitrogens is 1. The molecule has 3 heterocycles. The molecule has 0 bridgehead atoms. The van der Waals surface area contributed by atoms with Gasteiger partial charge in [-0.25, -0.2) is 4.79 Å². The maximum atomic E-state index is 13.3. The zero-order valence-electron chi connectivity index (χ0n) is 19.9. The van der Waals surface area contributed by atoms with Crippen LogP contribution in [0.15, 0.2) is 72.9 Å². The van der Waals surface area contributed by atoms with Gasteiger partial charge in [0.25, 0.3) is 5.91 Å². The average Bonchev–Trinajstić information content (AvgIpc) is 3.44. The van der Waals surface area contributed by atoms with Crippen LogP contribution in [-0.2, 0) is 17.7 Å². The van der Waals surface area contributed by atoms with Crippen molar-refractivity contribution in [1.29, 1.82) is 0 Å². The van der Waals surface area contributed by atoms with Gasteiger partial charge in [-0.2, -0.15) is 0 Å². The summed E-state index contributed by atoms with van der Waals surface area (Å²) in [4.78, 5) is 33.8. The third-order valence-corrected chi connectivity index (χ3v) is 6.83. The summed E-state index contributed by atoms with van der Waals surface area (Å²) in [5.74, 6) is -0.0402. The number of pyridine rings is 1. The van der Waals surface area contributed by atoms with Gasteiger partial charge in [0.05, 0.1) is 25.3 Å². The first-order valence-electron chi connectivity index (χ1n) is 12.1. The number of ether oxygens (including phenoxy) is 1. The Morgan fingerprint density at radius 3 is 2.71 bits per heavy atom. The number of carbonyl (C=O) groups excluding carboxylic acids is 2. The summed E-state index contributed by atoms with van der Waals surface area (Å²) in [6.45, 7) is 4.73. The number of carbonyl (C=O) groups is 2. The minimum Gasteiger partial charge on any atom is -0.439 e. The normalized spacial score (nSPS) is 19.3. The van der Waals surface area contributed by atoms with Crippen LogP contribution in [0.5, 0.6) is 0 Å². The summed E-state index contributed by atoms with van der Waals surface area (Å²) in [6, 6.07) is 21.7. The Balaban J connectivity index is 1.21. The number of hydrogen-bond acceptors (Lipinski definition) is 5. The second-order valence-electron chi connectivity index (χ2n) is 9.39. The predicted molar refractivity (Wildman–Crippen MR) is 134 cm³/mol. The number of nitrogens with zero attached hydrogens (tertiary/aromatic N) is 3. The fourth-order valence-electron chi connectivity index (χ4n) is 4.82. The molecule has 0 radical (unpaired) electrons. The Morgan fingerprint density at radius 2 is 1.91 bits per heavy atom. The molecule has 2 aromatic carbocycles. The predicted octanol–water partition coefficient (Wildman–Crippen LogP) is 4.28. The summed E-state index contributed by atoms with van der Waals surface area (Å²) < 4.78 is 5.83. The van der Waals surface area contributed by atoms with Crippen molar-refractivity contribution in [2.24, 2.45) is 0 Å². The van der Waals surface area contributed by atoms with Gasteiger partial charge >= 0.3 is 6.09 Å². The second-order valence-corrected chi connectivity index (χ2v) is 9.39. The monoisotopic (exact) mass is 470 g/mol. The lowest BCUT2D eigenvalue weighted by Crippen LogP contribution is -2.39. The first-order chi connectivity index (χ1) is 17.0. The van der Waals surface area contributed by atoms with Gasteiger partial charge in [0, 0.05) is 37.0 Å². The largest absolute Gasteiger partial charge is 0.439 e. The summed E-state index contributed by atoms with van der Waals surface area (Å²) in [6.07, 6.45) is 2.92. The third-order valence-electron chi connectivity index (χ3n) is 6.83. The van der Waals surface area contributed by atoms with E-state index in [4.69, 9.17) is 4.74 Å². The first kappa shape index (κ1) is 22.9. The van der Waals surface area contributed by atoms with E-state index in [0.717, 1.165) is 23.4 Å². The molecule has 1 unspecified atom stereocenters. The highest BCUT2D eigenvalue weighted by Crippen LogP contribution is 2.33. The fourth-order valence-corrected chi connectivity index (χ4v) is 4.82. The van der Waals surface area contributed by atoms with Crippen molar-refractivity contribution in [3.05, 3.63) is 95.3 Å². The van der Waals surface area contributed by atoms with E-state index in [1.54, 1.807) is 16.0 Å². The molecule has 1 N–H and O–H groups in total. The summed E-state index contributed by atoms with van der Waals surface area (Å²) >= 11 is 0. The van der Waals surface area contributed by atoms with Crippen molar-refractivity contribution in [1.82, 2.24) is 14.8 Å². The van der Waals surface area contributed by atoms with Crippen LogP contribution in [0.1, 0.15) is 33.6 Å². The second kappa shape index (κ2) is 9.78. The average molecular weight is 471 g/mol. The van der Waals surface area contributed by atoms with Gasteiger partial charge in [0.2, 0.25) is 0 Å². The van der Waals surface area contributed by atoms with Gasteiger partial charge in [-0.1, -0.05) is 42.5 Å². The number of hydrogen-bond donors (Lipinski definition) is 1. The minimum absolute atomic E-state index is 0.0402. The van der Waals surface area contributed by atoms with E-state index in [1.165, 1.54) is 5.56 Å². The molecule has 35 heavy (non-hydrogen) atoms. The third kappa shape index (κ3) is 5.14. The molecule has 7 heteroatoms. The van der Waals surface area contributed by atoms with Crippen molar-refractivity contribution in [3.63, 3.8) is 0 Å². The lowest BCUT2D eigenvalue weighted by Gasteiger charge is -2.22. The van der Waals surface area contributed by atoms with Crippen LogP contribution in [0.2, 0.25) is 0 Å². The van der Waals surface area contributed by atoms with Crippen LogP contribution < -0.4 is 5.32 Å². The zero-order chi connectivity index (χ0) is 24.3. The van der Waals surface area contributed by atoms with Crippen molar-refractivity contribution in [2.45, 2.75) is 31.9 Å². The number of aryl methyl sites for hydroxylation is 1. The summed E-state index contributed by atoms with van der Waals surface area (Å²) in [7, 11) is 0. The van der Waals surface area contributed by atoms with Crippen LogP contribution in [0.3, 0.4) is 0 Å². The lowest BCUT2D eigenvalue weighted by atomic mass is 10.0. The standard InChI is InChI=1S/C28H30N4O3/c1-21-10-11-23(17-25(21)30-18-24-9-5-6-14-29-24)26(33)31-16-13-28(19-31)20-32(27(34)35-28)15-12-22-7-3-2-4-8-22/h2-11,14,17,30H,12-13,15-16,18-20H2,1H3. The van der Waals surface area contributed by atoms with E-state index >= 15 is 0 Å². The molecule has 0 saturated carbocycles. The maximum Gasteiger partial charge on any atom is 0.410 e. The van der Waals surface area contributed by atoms with Gasteiger partial charge in [0.1, 0.15) is 0 Å². The van der Waals surface area contributed by atoms with Gasteiger partial charge in [-0.15, -0.1) is 0 Å². The lowest BCUT2D eigenvalue weighted by molar-refractivity contribution is 0.0553. The number of anilines is 1. The quantitative estimate of drug-likeness (QED) is 0.558. The molecule has 1 aromatic heterocycles. The Bertz CT molecular complexity index is 1200. The van der Waals surface area contributed by atoms with Crippen LogP contribution in [0.4, 0.5) is 10.5 Å². The molecule has 2 fully saturated rings. The number of nitrogens with one attached hydrogen (secondary N) is 1. The molecule has 7 nitrogen and oxygen atoms in total. The molecule has 180 valence electrons. The molecule has 0 aliphatic carbocycles. The van der Waals surface area contributed by atoms with Crippen LogP contribution in [-0.4, -0.2) is 58.6 Å². The Hall–Kier alpha value is -3.87. The molecular formula is C28H30N4O3. The van der Waals surface area contributed by atoms with E-state index in [0.29, 0.717) is 44.7 Å². The molecule has 2 amide bonds. The molecule has 1 spiro atoms. The fraction of sp³-hybridized carbons (Fsp3) is 0.321. The van der Waals surface area contributed by atoms with Crippen molar-refractivity contribution in [3.8, 4) is 0 Å². The van der Waals surface area contributed by atoms with Crippen molar-refractivity contribution >= 4 is 17.7 Å². The Morgan fingerprint density at radius 1 is 1.09 bits per heavy atom. The molecule has 5 rings (SSSR count). The van der Waals surface area contributed by atoms with Crippen molar-refractivity contribution in [2.75, 3.05) is 31.5 Å². The van der Waals surface area contributed by atoms with Gasteiger partial charge < -0.3 is 19.9 Å². The Labute approximate surface area is 205 Å². The number of benzene rings is 2. The van der Waals surface area contributed by atoms with E-state index in [1.807, 2.05) is 61.5 Å². The van der Waals surface area contributed by atoms with Gasteiger partial charge in [-0.05, 0) is 48.7 Å². The van der Waals surface area contributed by atoms with Crippen molar-refractivity contribution < 1.29 is 14.3 Å². The van der Waals surface area contributed by atoms with Crippen LogP contribution in [0, 0.1) is 6.92 Å². The number of rotatable bonds is 7. The molecule has 2 aliphatic rings. The topological polar surface area (TPSA) is 74.8 Å². The maximum absolute atomic E-state index is 13.3. The molecular weight excluding hydrogens is 440 g/mol. The highest BCUT2D eigenvalue weighted by molar-refractivity contribution is 5.95. The van der Waals surface area contributed by atoms with Crippen LogP contribution >= 0.6 is 0 Å². The Kier molecular flexibility index (Phi) is 6.40. The SMILES string of the molecule is Cc1ccc(C(=O)N2CCC3(CN(CCc4ccccc4)C(=O)O3)C2)cc1NCc1ccccn1. The summed E-state index contributed by atoms with van der Waals surface area (Å²) in [5, 5.41) is 3.39. The van der Waals surface area contributed by atoms with Gasteiger partial charge in [0.15, 0.2) is 5.60 Å². The van der Waals surface area contributed by atoms with Gasteiger partial charge in [-0.3, -0.25) is 9.78 Å². The molecule has 2 saturated heterocycles.